The fourth-order valence-corrected chi connectivity index (χ4v) is 5.28. The van der Waals surface area contributed by atoms with Gasteiger partial charge in [-0.3, -0.25) is 10.0 Å². The summed E-state index contributed by atoms with van der Waals surface area (Å²) in [5, 5.41) is 23.6. The number of hydrogen-bond acceptors (Lipinski definition) is 8. The second-order valence-corrected chi connectivity index (χ2v) is 9.44. The van der Waals surface area contributed by atoms with Crippen LogP contribution in [0.4, 0.5) is 8.78 Å². The average molecular weight is 513 g/mol. The topological polar surface area (TPSA) is 126 Å². The van der Waals surface area contributed by atoms with Crippen molar-refractivity contribution >= 4 is 22.6 Å². The van der Waals surface area contributed by atoms with Gasteiger partial charge in [-0.15, -0.1) is 0 Å². The van der Waals surface area contributed by atoms with Crippen LogP contribution in [0, 0.1) is 0 Å². The van der Waals surface area contributed by atoms with Crippen LogP contribution >= 0.6 is 0 Å². The molecule has 0 amide bonds. The SMILES string of the molecule is CCC1(O)C(=O)OCc2c1cc1n(c2=O)Cc2c-1nc1ccccc1c2C(F)(F)CCC/C(C)=N\NO. The molecule has 3 aromatic rings. The monoisotopic (exact) mass is 512 g/mol. The minimum atomic E-state index is -3.26. The molecule has 194 valence electrons. The summed E-state index contributed by atoms with van der Waals surface area (Å²) in [6, 6.07) is 8.10. The number of carbonyl (C=O) groups excluding carboxylic acids is 1. The van der Waals surface area contributed by atoms with Gasteiger partial charge in [0.15, 0.2) is 5.60 Å². The van der Waals surface area contributed by atoms with E-state index in [1.165, 1.54) is 10.6 Å². The minimum absolute atomic E-state index is 0.0163. The first-order valence-electron chi connectivity index (χ1n) is 12.0. The summed E-state index contributed by atoms with van der Waals surface area (Å²) in [6.07, 6.45) is -0.132. The van der Waals surface area contributed by atoms with Gasteiger partial charge in [-0.05, 0) is 38.3 Å². The van der Waals surface area contributed by atoms with Gasteiger partial charge in [-0.1, -0.05) is 25.1 Å². The van der Waals surface area contributed by atoms with Crippen LogP contribution in [0.2, 0.25) is 0 Å². The fourth-order valence-electron chi connectivity index (χ4n) is 5.28. The third kappa shape index (κ3) is 3.89. The van der Waals surface area contributed by atoms with Gasteiger partial charge in [-0.25, -0.2) is 18.6 Å². The Morgan fingerprint density at radius 1 is 1.30 bits per heavy atom. The molecule has 1 unspecified atom stereocenters. The van der Waals surface area contributed by atoms with Crippen molar-refractivity contribution in [2.75, 3.05) is 0 Å². The molecule has 0 fully saturated rings. The van der Waals surface area contributed by atoms with Gasteiger partial charge in [0.05, 0.1) is 29.0 Å². The number of hydrogen-bond donors (Lipinski definition) is 3. The molecule has 2 aliphatic heterocycles. The van der Waals surface area contributed by atoms with Crippen LogP contribution in [-0.4, -0.2) is 31.5 Å². The number of ether oxygens (including phenoxy) is 1. The van der Waals surface area contributed by atoms with Crippen molar-refractivity contribution in [2.45, 2.75) is 64.2 Å². The van der Waals surface area contributed by atoms with Gasteiger partial charge in [0.1, 0.15) is 6.61 Å². The zero-order chi connectivity index (χ0) is 26.5. The molecule has 5 rings (SSSR count). The first-order valence-corrected chi connectivity index (χ1v) is 12.0. The van der Waals surface area contributed by atoms with E-state index in [0.29, 0.717) is 16.6 Å². The standard InChI is InChI=1S/C26H26F2N4O5/c1-3-25(35)18-11-20-22-16(12-32(20)23(33)17(18)13-37-24(25)34)21(15-8-4-5-9-19(15)29-22)26(27,28)10-6-7-14(2)30-31-36/h4-5,8-9,11,31,35-36H,3,6-7,10,12-13H2,1-2H3/b30-14-. The smallest absolute Gasteiger partial charge is 0.343 e. The van der Waals surface area contributed by atoms with Gasteiger partial charge in [0, 0.05) is 34.2 Å². The first kappa shape index (κ1) is 25.0. The highest BCUT2D eigenvalue weighted by Gasteiger charge is 2.46. The number of pyridine rings is 2. The van der Waals surface area contributed by atoms with Crippen molar-refractivity contribution in [3.05, 3.63) is 62.9 Å². The maximum atomic E-state index is 15.9. The highest BCUT2D eigenvalue weighted by Crippen LogP contribution is 2.46. The number of cyclic esters (lactones) is 1. The lowest BCUT2D eigenvalue weighted by molar-refractivity contribution is -0.172. The van der Waals surface area contributed by atoms with Crippen LogP contribution in [0.1, 0.15) is 61.8 Å². The van der Waals surface area contributed by atoms with Crippen molar-refractivity contribution in [3.63, 3.8) is 0 Å². The van der Waals surface area contributed by atoms with E-state index in [9.17, 15) is 14.7 Å². The molecule has 37 heavy (non-hydrogen) atoms. The minimum Gasteiger partial charge on any atom is -0.458 e. The number of alkyl halides is 2. The molecule has 0 radical (unpaired) electrons. The van der Waals surface area contributed by atoms with E-state index >= 15 is 8.78 Å². The molecule has 9 nitrogen and oxygen atoms in total. The van der Waals surface area contributed by atoms with Gasteiger partial charge in [0.25, 0.3) is 11.5 Å². The third-order valence-corrected chi connectivity index (χ3v) is 7.23. The van der Waals surface area contributed by atoms with E-state index in [1.807, 2.05) is 0 Å². The van der Waals surface area contributed by atoms with Gasteiger partial charge in [-0.2, -0.15) is 10.7 Å². The summed E-state index contributed by atoms with van der Waals surface area (Å²) in [7, 11) is 0. The molecule has 2 aromatic heterocycles. The van der Waals surface area contributed by atoms with Crippen LogP contribution in [0.3, 0.4) is 0 Å². The summed E-state index contributed by atoms with van der Waals surface area (Å²) in [6.45, 7) is 2.81. The van der Waals surface area contributed by atoms with Crippen molar-refractivity contribution in [2.24, 2.45) is 5.10 Å². The number of carbonyl (C=O) groups is 1. The predicted octanol–water partition coefficient (Wildman–Crippen LogP) is 3.70. The molecule has 0 aliphatic carbocycles. The molecule has 2 aliphatic rings. The summed E-state index contributed by atoms with van der Waals surface area (Å²) < 4.78 is 38.3. The molecule has 11 heteroatoms. The van der Waals surface area contributed by atoms with Crippen LogP contribution < -0.4 is 11.1 Å². The average Bonchev–Trinajstić information content (AvgIpc) is 3.23. The Morgan fingerprint density at radius 3 is 2.78 bits per heavy atom. The lowest BCUT2D eigenvalue weighted by Gasteiger charge is -2.31. The van der Waals surface area contributed by atoms with E-state index in [4.69, 9.17) is 9.94 Å². The van der Waals surface area contributed by atoms with E-state index in [2.05, 4.69) is 10.1 Å². The van der Waals surface area contributed by atoms with Gasteiger partial charge >= 0.3 is 5.97 Å². The van der Waals surface area contributed by atoms with E-state index < -0.39 is 29.5 Å². The third-order valence-electron chi connectivity index (χ3n) is 7.23. The number of esters is 1. The van der Waals surface area contributed by atoms with Crippen molar-refractivity contribution < 1.29 is 28.6 Å². The highest BCUT2D eigenvalue weighted by atomic mass is 19.3. The number of nitrogens with one attached hydrogen (secondary N) is 1. The predicted molar refractivity (Wildman–Crippen MR) is 130 cm³/mol. The molecule has 3 N–H and O–H groups in total. The van der Waals surface area contributed by atoms with E-state index in [1.54, 1.807) is 43.7 Å². The second-order valence-electron chi connectivity index (χ2n) is 9.44. The number of nitrogens with zero attached hydrogens (tertiary/aromatic N) is 3. The van der Waals surface area contributed by atoms with Crippen LogP contribution in [-0.2, 0) is 34.2 Å². The Morgan fingerprint density at radius 2 is 2.05 bits per heavy atom. The fraction of sp³-hybridized carbons (Fsp3) is 0.385. The lowest BCUT2D eigenvalue weighted by Crippen LogP contribution is -2.44. The van der Waals surface area contributed by atoms with Crippen LogP contribution in [0.5, 0.6) is 0 Å². The van der Waals surface area contributed by atoms with Crippen molar-refractivity contribution in [1.82, 2.24) is 15.1 Å². The number of aliphatic hydroxyl groups is 1. The maximum absolute atomic E-state index is 15.9. The molecule has 0 saturated carbocycles. The Balaban J connectivity index is 1.68. The second kappa shape index (κ2) is 9.00. The van der Waals surface area contributed by atoms with E-state index in [-0.39, 0.29) is 66.1 Å². The Hall–Kier alpha value is -3.70. The summed E-state index contributed by atoms with van der Waals surface area (Å²) in [5.74, 6) is -4.10. The lowest BCUT2D eigenvalue weighted by atomic mass is 9.86. The van der Waals surface area contributed by atoms with Crippen LogP contribution in [0.15, 0.2) is 40.2 Å². The summed E-state index contributed by atoms with van der Waals surface area (Å²) in [5.41, 5.74) is 0.796. The Kier molecular flexibility index (Phi) is 6.07. The maximum Gasteiger partial charge on any atom is 0.343 e. The number of aromatic nitrogens is 2. The number of hydrazone groups is 1. The zero-order valence-electron chi connectivity index (χ0n) is 20.3. The van der Waals surface area contributed by atoms with Gasteiger partial charge in [0.2, 0.25) is 0 Å². The number of rotatable bonds is 7. The normalized spacial score (nSPS) is 18.9. The number of fused-ring (bicyclic) bond motifs is 5. The Bertz CT molecular complexity index is 1520. The van der Waals surface area contributed by atoms with E-state index in [0.717, 1.165) is 0 Å². The molecule has 4 heterocycles. The molecule has 0 bridgehead atoms. The number of halogens is 2. The zero-order valence-corrected chi connectivity index (χ0v) is 20.3. The number of benzene rings is 1. The summed E-state index contributed by atoms with van der Waals surface area (Å²) in [4.78, 5) is 30.5. The number of para-hydroxylation sites is 1. The molecular formula is C26H26F2N4O5. The quantitative estimate of drug-likeness (QED) is 0.196. The van der Waals surface area contributed by atoms with Crippen molar-refractivity contribution in [1.29, 1.82) is 0 Å². The molecule has 0 spiro atoms. The summed E-state index contributed by atoms with van der Waals surface area (Å²) >= 11 is 0. The molecule has 1 atom stereocenters. The molecule has 0 saturated heterocycles. The van der Waals surface area contributed by atoms with Crippen LogP contribution in [0.25, 0.3) is 22.3 Å². The Labute approximate surface area is 210 Å². The molecule has 1 aromatic carbocycles. The highest BCUT2D eigenvalue weighted by molar-refractivity contribution is 5.89. The van der Waals surface area contributed by atoms with Gasteiger partial charge < -0.3 is 14.4 Å². The first-order chi connectivity index (χ1) is 17.6. The molecular weight excluding hydrogens is 486 g/mol. The van der Waals surface area contributed by atoms with Crippen molar-refractivity contribution in [3.8, 4) is 11.4 Å². The largest absolute Gasteiger partial charge is 0.458 e.